The van der Waals surface area contributed by atoms with Gasteiger partial charge in [-0.2, -0.15) is 0 Å². The van der Waals surface area contributed by atoms with E-state index in [-0.39, 0.29) is 5.91 Å². The molecule has 0 aliphatic heterocycles. The van der Waals surface area contributed by atoms with Crippen LogP contribution in [0.1, 0.15) is 18.1 Å². The van der Waals surface area contributed by atoms with Gasteiger partial charge in [0.1, 0.15) is 0 Å². The molecule has 1 unspecified atom stereocenters. The predicted octanol–water partition coefficient (Wildman–Crippen LogP) is 4.23. The molecule has 0 saturated carbocycles. The molecule has 0 aromatic heterocycles. The van der Waals surface area contributed by atoms with Gasteiger partial charge < -0.3 is 10.1 Å². The average Bonchev–Trinajstić information content (AvgIpc) is 2.53. The molecule has 5 heteroatoms. The molecule has 0 saturated heterocycles. The second kappa shape index (κ2) is 8.31. The van der Waals surface area contributed by atoms with E-state index >= 15 is 0 Å². The number of halogens is 1. The Labute approximate surface area is 146 Å². The number of benzene rings is 2. The molecule has 0 aliphatic carbocycles. The van der Waals surface area contributed by atoms with Gasteiger partial charge in [-0.15, -0.1) is 0 Å². The van der Waals surface area contributed by atoms with Crippen molar-refractivity contribution in [2.75, 3.05) is 5.32 Å². The second-order valence-electron chi connectivity index (χ2n) is 5.33. The van der Waals surface area contributed by atoms with E-state index in [1.54, 1.807) is 30.3 Å². The second-order valence-corrected chi connectivity index (χ2v) is 5.76. The third-order valence-corrected chi connectivity index (χ3v) is 3.44. The Morgan fingerprint density at radius 1 is 1.17 bits per heavy atom. The van der Waals surface area contributed by atoms with Crippen molar-refractivity contribution in [3.8, 4) is 0 Å². The maximum absolute atomic E-state index is 12.0. The van der Waals surface area contributed by atoms with E-state index in [1.165, 1.54) is 13.0 Å². The Morgan fingerprint density at radius 3 is 2.62 bits per heavy atom. The van der Waals surface area contributed by atoms with Crippen molar-refractivity contribution in [2.24, 2.45) is 0 Å². The van der Waals surface area contributed by atoms with Gasteiger partial charge in [0.05, 0.1) is 0 Å². The first-order chi connectivity index (χ1) is 11.4. The molecule has 1 N–H and O–H groups in total. The minimum absolute atomic E-state index is 0.384. The summed E-state index contributed by atoms with van der Waals surface area (Å²) in [6.07, 6.45) is 1.95. The van der Waals surface area contributed by atoms with Crippen LogP contribution in [0.15, 0.2) is 54.6 Å². The summed E-state index contributed by atoms with van der Waals surface area (Å²) in [5.74, 6) is -0.980. The maximum atomic E-state index is 12.0. The van der Waals surface area contributed by atoms with Crippen molar-refractivity contribution in [3.63, 3.8) is 0 Å². The summed E-state index contributed by atoms with van der Waals surface area (Å²) in [4.78, 5) is 23.8. The molecule has 0 spiro atoms. The summed E-state index contributed by atoms with van der Waals surface area (Å²) in [6, 6.07) is 14.4. The Balaban J connectivity index is 1.89. The Kier molecular flexibility index (Phi) is 6.15. The van der Waals surface area contributed by atoms with E-state index in [9.17, 15) is 9.59 Å². The van der Waals surface area contributed by atoms with Gasteiger partial charge in [0, 0.05) is 16.8 Å². The summed E-state index contributed by atoms with van der Waals surface area (Å²) in [5, 5.41) is 3.29. The van der Waals surface area contributed by atoms with Crippen LogP contribution in [0.5, 0.6) is 0 Å². The van der Waals surface area contributed by atoms with Crippen LogP contribution in [0.3, 0.4) is 0 Å². The number of hydrogen-bond donors (Lipinski definition) is 1. The topological polar surface area (TPSA) is 55.4 Å². The highest BCUT2D eigenvalue weighted by Gasteiger charge is 2.16. The fraction of sp³-hybridized carbons (Fsp3) is 0.158. The molecule has 1 atom stereocenters. The molecular weight excluding hydrogens is 326 g/mol. The zero-order chi connectivity index (χ0) is 17.5. The number of ether oxygens (including phenoxy) is 1. The zero-order valence-corrected chi connectivity index (χ0v) is 14.2. The first-order valence-electron chi connectivity index (χ1n) is 7.46. The summed E-state index contributed by atoms with van der Waals surface area (Å²) in [5.41, 5.74) is 2.47. The third kappa shape index (κ3) is 5.56. The summed E-state index contributed by atoms with van der Waals surface area (Å²) < 4.78 is 5.10. The van der Waals surface area contributed by atoms with Crippen molar-refractivity contribution in [1.29, 1.82) is 0 Å². The molecule has 2 aromatic carbocycles. The predicted molar refractivity (Wildman–Crippen MR) is 95.8 cm³/mol. The number of carbonyl (C=O) groups excluding carboxylic acids is 2. The number of aryl methyl sites for hydroxylation is 1. The van der Waals surface area contributed by atoms with E-state index in [2.05, 4.69) is 5.32 Å². The van der Waals surface area contributed by atoms with Gasteiger partial charge in [-0.25, -0.2) is 4.79 Å². The monoisotopic (exact) mass is 343 g/mol. The first-order valence-corrected chi connectivity index (χ1v) is 7.83. The van der Waals surface area contributed by atoms with Gasteiger partial charge in [-0.05, 0) is 55.3 Å². The maximum Gasteiger partial charge on any atom is 0.331 e. The van der Waals surface area contributed by atoms with Crippen LogP contribution in [0.25, 0.3) is 6.08 Å². The van der Waals surface area contributed by atoms with E-state index in [0.29, 0.717) is 10.7 Å². The van der Waals surface area contributed by atoms with Gasteiger partial charge in [-0.1, -0.05) is 35.9 Å². The quantitative estimate of drug-likeness (QED) is 0.652. The van der Waals surface area contributed by atoms with Crippen molar-refractivity contribution in [3.05, 3.63) is 70.8 Å². The van der Waals surface area contributed by atoms with Crippen LogP contribution >= 0.6 is 11.6 Å². The number of nitrogens with one attached hydrogen (secondary N) is 1. The molecule has 0 bridgehead atoms. The minimum Gasteiger partial charge on any atom is -0.449 e. The Morgan fingerprint density at radius 2 is 1.92 bits per heavy atom. The Bertz CT molecular complexity index is 771. The van der Waals surface area contributed by atoms with Crippen LogP contribution in [-0.2, 0) is 14.3 Å². The van der Waals surface area contributed by atoms with Gasteiger partial charge in [0.2, 0.25) is 0 Å². The van der Waals surface area contributed by atoms with Gasteiger partial charge in [0.15, 0.2) is 6.10 Å². The lowest BCUT2D eigenvalue weighted by molar-refractivity contribution is -0.148. The van der Waals surface area contributed by atoms with Crippen molar-refractivity contribution in [2.45, 2.75) is 20.0 Å². The number of carbonyl (C=O) groups is 2. The largest absolute Gasteiger partial charge is 0.449 e. The molecular formula is C19H18ClNO3. The van der Waals surface area contributed by atoms with Crippen LogP contribution in [0.4, 0.5) is 5.69 Å². The average molecular weight is 344 g/mol. The van der Waals surface area contributed by atoms with Gasteiger partial charge in [0.25, 0.3) is 5.91 Å². The van der Waals surface area contributed by atoms with Crippen LogP contribution in [0.2, 0.25) is 5.02 Å². The van der Waals surface area contributed by atoms with E-state index < -0.39 is 12.1 Å². The lowest BCUT2D eigenvalue weighted by Gasteiger charge is -2.12. The van der Waals surface area contributed by atoms with E-state index in [4.69, 9.17) is 16.3 Å². The lowest BCUT2D eigenvalue weighted by atomic mass is 10.2. The molecule has 0 heterocycles. The molecule has 1 amide bonds. The summed E-state index contributed by atoms with van der Waals surface area (Å²) >= 11 is 5.87. The van der Waals surface area contributed by atoms with Crippen molar-refractivity contribution >= 4 is 35.2 Å². The first kappa shape index (κ1) is 17.8. The highest BCUT2D eigenvalue weighted by Crippen LogP contribution is 2.12. The molecule has 0 aliphatic rings. The molecule has 2 rings (SSSR count). The number of esters is 1. The number of rotatable bonds is 5. The van der Waals surface area contributed by atoms with Crippen molar-refractivity contribution in [1.82, 2.24) is 0 Å². The van der Waals surface area contributed by atoms with Crippen molar-refractivity contribution < 1.29 is 14.3 Å². The summed E-state index contributed by atoms with van der Waals surface area (Å²) in [7, 11) is 0. The highest BCUT2D eigenvalue weighted by atomic mass is 35.5. The van der Waals surface area contributed by atoms with Gasteiger partial charge >= 0.3 is 5.97 Å². The molecule has 0 fully saturated rings. The lowest BCUT2D eigenvalue weighted by Crippen LogP contribution is -2.29. The normalized spacial score (nSPS) is 12.0. The van der Waals surface area contributed by atoms with Crippen LogP contribution < -0.4 is 5.32 Å². The molecule has 24 heavy (non-hydrogen) atoms. The Hall–Kier alpha value is -2.59. The molecule has 2 aromatic rings. The number of amides is 1. The smallest absolute Gasteiger partial charge is 0.331 e. The van der Waals surface area contributed by atoms with Gasteiger partial charge in [-0.3, -0.25) is 4.79 Å². The number of anilines is 1. The van der Waals surface area contributed by atoms with Crippen LogP contribution in [-0.4, -0.2) is 18.0 Å². The number of hydrogen-bond acceptors (Lipinski definition) is 3. The highest BCUT2D eigenvalue weighted by molar-refractivity contribution is 6.30. The standard InChI is InChI=1S/C19H18ClNO3/c1-13-5-3-8-17(11-13)21-19(23)14(2)24-18(22)10-9-15-6-4-7-16(20)12-15/h3-12,14H,1-2H3,(H,21,23)/b10-9+. The molecule has 124 valence electrons. The SMILES string of the molecule is Cc1cccc(NC(=O)C(C)OC(=O)/C=C/c2cccc(Cl)c2)c1. The fourth-order valence-corrected chi connectivity index (χ4v) is 2.21. The van der Waals surface area contributed by atoms with E-state index in [1.807, 2.05) is 31.2 Å². The molecule has 0 radical (unpaired) electrons. The minimum atomic E-state index is -0.901. The molecule has 4 nitrogen and oxygen atoms in total. The van der Waals surface area contributed by atoms with Crippen LogP contribution in [0, 0.1) is 6.92 Å². The third-order valence-electron chi connectivity index (χ3n) is 3.21. The zero-order valence-electron chi connectivity index (χ0n) is 13.5. The summed E-state index contributed by atoms with van der Waals surface area (Å²) in [6.45, 7) is 3.45. The van der Waals surface area contributed by atoms with E-state index in [0.717, 1.165) is 11.1 Å². The fourth-order valence-electron chi connectivity index (χ4n) is 2.01.